The third-order valence-corrected chi connectivity index (χ3v) is 6.56. The van der Waals surface area contributed by atoms with Crippen molar-refractivity contribution in [2.75, 3.05) is 20.2 Å². The SMILES string of the molecule is Cc1ccc(S(=O)(=O)NC2CC2)cc1C(=O)N(C)C[C@@H]1COc2ccccc2O1. The van der Waals surface area contributed by atoms with Crippen molar-refractivity contribution in [3.63, 3.8) is 0 Å². The number of benzene rings is 2. The van der Waals surface area contributed by atoms with E-state index in [-0.39, 0.29) is 22.9 Å². The Morgan fingerprint density at radius 1 is 1.17 bits per heavy atom. The third-order valence-electron chi connectivity index (χ3n) is 5.04. The summed E-state index contributed by atoms with van der Waals surface area (Å²) in [6, 6.07) is 12.1. The van der Waals surface area contributed by atoms with Gasteiger partial charge in [-0.3, -0.25) is 4.79 Å². The number of nitrogens with zero attached hydrogens (tertiary/aromatic N) is 1. The van der Waals surface area contributed by atoms with Crippen molar-refractivity contribution in [1.29, 1.82) is 0 Å². The summed E-state index contributed by atoms with van der Waals surface area (Å²) < 4.78 is 39.3. The summed E-state index contributed by atoms with van der Waals surface area (Å²) in [7, 11) is -1.95. The molecule has 0 unspecified atom stereocenters. The molecule has 8 heteroatoms. The van der Waals surface area contributed by atoms with E-state index in [4.69, 9.17) is 9.47 Å². The molecule has 1 N–H and O–H groups in total. The number of para-hydroxylation sites is 2. The van der Waals surface area contributed by atoms with Crippen LogP contribution in [-0.2, 0) is 10.0 Å². The number of hydrogen-bond donors (Lipinski definition) is 1. The summed E-state index contributed by atoms with van der Waals surface area (Å²) in [5.74, 6) is 1.09. The van der Waals surface area contributed by atoms with Crippen molar-refractivity contribution in [2.24, 2.45) is 0 Å². The molecule has 1 amide bonds. The number of amides is 1. The van der Waals surface area contributed by atoms with Gasteiger partial charge in [-0.1, -0.05) is 18.2 Å². The van der Waals surface area contributed by atoms with Crippen LogP contribution < -0.4 is 14.2 Å². The van der Waals surface area contributed by atoms with Gasteiger partial charge >= 0.3 is 0 Å². The maximum absolute atomic E-state index is 13.0. The van der Waals surface area contributed by atoms with E-state index in [1.807, 2.05) is 24.3 Å². The number of nitrogens with one attached hydrogen (secondary N) is 1. The second kappa shape index (κ2) is 7.68. The van der Waals surface area contributed by atoms with Crippen molar-refractivity contribution in [1.82, 2.24) is 9.62 Å². The Morgan fingerprint density at radius 2 is 1.90 bits per heavy atom. The lowest BCUT2D eigenvalue weighted by Gasteiger charge is -2.29. The normalized spacial score (nSPS) is 18.3. The lowest BCUT2D eigenvalue weighted by atomic mass is 10.1. The average molecular weight is 416 g/mol. The fourth-order valence-corrected chi connectivity index (χ4v) is 4.57. The number of aryl methyl sites for hydroxylation is 1. The lowest BCUT2D eigenvalue weighted by molar-refractivity contribution is 0.0520. The van der Waals surface area contributed by atoms with Crippen LogP contribution in [0, 0.1) is 6.92 Å². The molecular weight excluding hydrogens is 392 g/mol. The topological polar surface area (TPSA) is 84.9 Å². The van der Waals surface area contributed by atoms with Gasteiger partial charge in [-0.15, -0.1) is 0 Å². The lowest BCUT2D eigenvalue weighted by Crippen LogP contribution is -2.42. The van der Waals surface area contributed by atoms with Gasteiger partial charge < -0.3 is 14.4 Å². The summed E-state index contributed by atoms with van der Waals surface area (Å²) >= 11 is 0. The summed E-state index contributed by atoms with van der Waals surface area (Å²) in [5, 5.41) is 0. The fraction of sp³-hybridized carbons (Fsp3) is 0.381. The third kappa shape index (κ3) is 4.38. The Balaban J connectivity index is 1.48. The first-order valence-corrected chi connectivity index (χ1v) is 11.1. The first-order valence-electron chi connectivity index (χ1n) is 9.60. The zero-order valence-corrected chi connectivity index (χ0v) is 17.2. The van der Waals surface area contributed by atoms with Crippen LogP contribution in [0.15, 0.2) is 47.4 Å². The molecule has 1 fully saturated rings. The van der Waals surface area contributed by atoms with E-state index in [2.05, 4.69) is 4.72 Å². The summed E-state index contributed by atoms with van der Waals surface area (Å²) in [6.07, 6.45) is 1.40. The summed E-state index contributed by atoms with van der Waals surface area (Å²) in [5.41, 5.74) is 1.08. The minimum atomic E-state index is -3.62. The Kier molecular flexibility index (Phi) is 5.23. The van der Waals surface area contributed by atoms with Gasteiger partial charge in [0.1, 0.15) is 6.61 Å². The quantitative estimate of drug-likeness (QED) is 0.781. The van der Waals surface area contributed by atoms with E-state index in [1.165, 1.54) is 17.0 Å². The van der Waals surface area contributed by atoms with E-state index in [0.29, 0.717) is 30.2 Å². The second-order valence-corrected chi connectivity index (χ2v) is 9.27. The standard InChI is InChI=1S/C21H24N2O5S/c1-14-7-10-17(29(25,26)22-15-8-9-15)11-18(14)21(24)23(2)12-16-13-27-19-5-3-4-6-20(19)28-16/h3-7,10-11,15-16,22H,8-9,12-13H2,1-2H3/t16-/m1/s1. The molecule has 0 saturated heterocycles. The van der Waals surface area contributed by atoms with Crippen LogP contribution in [0.4, 0.5) is 0 Å². The van der Waals surface area contributed by atoms with Gasteiger partial charge in [0.2, 0.25) is 10.0 Å². The molecular formula is C21H24N2O5S. The minimum absolute atomic E-state index is 0.00876. The van der Waals surface area contributed by atoms with Crippen LogP contribution in [0.1, 0.15) is 28.8 Å². The van der Waals surface area contributed by atoms with E-state index in [9.17, 15) is 13.2 Å². The van der Waals surface area contributed by atoms with E-state index >= 15 is 0 Å². The molecule has 0 bridgehead atoms. The van der Waals surface area contributed by atoms with Gasteiger partial charge in [0.25, 0.3) is 5.91 Å². The van der Waals surface area contributed by atoms with Crippen LogP contribution in [0.5, 0.6) is 11.5 Å². The zero-order valence-electron chi connectivity index (χ0n) is 16.4. The van der Waals surface area contributed by atoms with Crippen molar-refractivity contribution in [3.8, 4) is 11.5 Å². The first kappa shape index (κ1) is 19.7. The Hall–Kier alpha value is -2.58. The van der Waals surface area contributed by atoms with Crippen LogP contribution in [-0.4, -0.2) is 51.6 Å². The highest BCUT2D eigenvalue weighted by Crippen LogP contribution is 2.31. The molecule has 7 nitrogen and oxygen atoms in total. The van der Waals surface area contributed by atoms with E-state index in [1.54, 1.807) is 20.0 Å². The van der Waals surface area contributed by atoms with Gasteiger partial charge in [-0.25, -0.2) is 13.1 Å². The maximum Gasteiger partial charge on any atom is 0.254 e. The molecule has 4 rings (SSSR count). The van der Waals surface area contributed by atoms with Gasteiger partial charge in [0.05, 0.1) is 11.4 Å². The highest BCUT2D eigenvalue weighted by molar-refractivity contribution is 7.89. The molecule has 1 aliphatic heterocycles. The molecule has 1 aliphatic carbocycles. The molecule has 2 aromatic rings. The fourth-order valence-electron chi connectivity index (χ4n) is 3.23. The van der Waals surface area contributed by atoms with Crippen molar-refractivity contribution in [3.05, 3.63) is 53.6 Å². The van der Waals surface area contributed by atoms with Gasteiger partial charge in [-0.05, 0) is 49.6 Å². The summed E-state index contributed by atoms with van der Waals surface area (Å²) in [4.78, 5) is 14.7. The average Bonchev–Trinajstić information content (AvgIpc) is 3.51. The highest BCUT2D eigenvalue weighted by atomic mass is 32.2. The Labute approximate surface area is 170 Å². The number of fused-ring (bicyclic) bond motifs is 1. The molecule has 154 valence electrons. The number of hydrogen-bond acceptors (Lipinski definition) is 5. The molecule has 1 saturated carbocycles. The monoisotopic (exact) mass is 416 g/mol. The van der Waals surface area contributed by atoms with Gasteiger partial charge in [0.15, 0.2) is 17.6 Å². The van der Waals surface area contributed by atoms with Crippen LogP contribution in [0.3, 0.4) is 0 Å². The number of likely N-dealkylation sites (N-methyl/N-ethyl adjacent to an activating group) is 1. The number of carbonyl (C=O) groups excluding carboxylic acids is 1. The van der Waals surface area contributed by atoms with Gasteiger partial charge in [-0.2, -0.15) is 0 Å². The largest absolute Gasteiger partial charge is 0.486 e. The number of carbonyl (C=O) groups is 1. The molecule has 0 radical (unpaired) electrons. The van der Waals surface area contributed by atoms with Crippen molar-refractivity contribution in [2.45, 2.75) is 36.8 Å². The zero-order chi connectivity index (χ0) is 20.6. The minimum Gasteiger partial charge on any atom is -0.486 e. The molecule has 2 aromatic carbocycles. The highest BCUT2D eigenvalue weighted by Gasteiger charge is 2.29. The van der Waals surface area contributed by atoms with Crippen molar-refractivity contribution < 1.29 is 22.7 Å². The molecule has 2 aliphatic rings. The molecule has 1 heterocycles. The van der Waals surface area contributed by atoms with Crippen LogP contribution in [0.2, 0.25) is 0 Å². The molecule has 0 aromatic heterocycles. The molecule has 0 spiro atoms. The predicted molar refractivity (Wildman–Crippen MR) is 108 cm³/mol. The molecule has 1 atom stereocenters. The Morgan fingerprint density at radius 3 is 2.62 bits per heavy atom. The van der Waals surface area contributed by atoms with E-state index in [0.717, 1.165) is 18.4 Å². The number of sulfonamides is 1. The predicted octanol–water partition coefficient (Wildman–Crippen LogP) is 2.35. The first-order chi connectivity index (χ1) is 13.8. The maximum atomic E-state index is 13.0. The Bertz CT molecular complexity index is 1030. The van der Waals surface area contributed by atoms with Gasteiger partial charge in [0, 0.05) is 18.7 Å². The van der Waals surface area contributed by atoms with Crippen molar-refractivity contribution >= 4 is 15.9 Å². The summed E-state index contributed by atoms with van der Waals surface area (Å²) in [6.45, 7) is 2.46. The van der Waals surface area contributed by atoms with E-state index < -0.39 is 10.0 Å². The number of rotatable bonds is 6. The van der Waals surface area contributed by atoms with Crippen LogP contribution in [0.25, 0.3) is 0 Å². The second-order valence-electron chi connectivity index (χ2n) is 7.56. The number of ether oxygens (including phenoxy) is 2. The smallest absolute Gasteiger partial charge is 0.254 e. The van der Waals surface area contributed by atoms with Crippen LogP contribution >= 0.6 is 0 Å². The molecule has 29 heavy (non-hydrogen) atoms.